The van der Waals surface area contributed by atoms with E-state index in [1.165, 1.54) is 0 Å². The molecule has 0 bridgehead atoms. The summed E-state index contributed by atoms with van der Waals surface area (Å²) in [7, 11) is -2.97. The third-order valence-electron chi connectivity index (χ3n) is 3.10. The van der Waals surface area contributed by atoms with Crippen molar-refractivity contribution < 1.29 is 8.42 Å². The van der Waals surface area contributed by atoms with Crippen molar-refractivity contribution in [3.63, 3.8) is 0 Å². The van der Waals surface area contributed by atoms with Crippen molar-refractivity contribution in [1.29, 1.82) is 5.26 Å². The fraction of sp³-hybridized carbons (Fsp3) is 0.417. The van der Waals surface area contributed by atoms with Gasteiger partial charge in [0.2, 0.25) is 0 Å². The number of hydrogen-bond acceptors (Lipinski definition) is 5. The molecule has 3 N–H and O–H groups in total. The number of rotatable bonds is 2. The number of nitrogens with zero attached hydrogens (tertiary/aromatic N) is 1. The summed E-state index contributed by atoms with van der Waals surface area (Å²) in [5, 5.41) is 12.2. The predicted octanol–water partition coefficient (Wildman–Crippen LogP) is 1.13. The molecule has 1 fully saturated rings. The number of nitrogens with two attached hydrogens (primary N) is 1. The number of hydrogen-bond donors (Lipinski definition) is 2. The Morgan fingerprint density at radius 1 is 1.50 bits per heavy atom. The van der Waals surface area contributed by atoms with E-state index in [2.05, 4.69) is 11.4 Å². The minimum atomic E-state index is -2.97. The van der Waals surface area contributed by atoms with Crippen LogP contribution in [0.5, 0.6) is 0 Å². The smallest absolute Gasteiger partial charge is 0.152 e. The molecule has 0 aliphatic carbocycles. The van der Waals surface area contributed by atoms with Gasteiger partial charge in [0.25, 0.3) is 0 Å². The van der Waals surface area contributed by atoms with Crippen LogP contribution in [0.2, 0.25) is 0 Å². The Hall–Kier alpha value is -1.74. The second-order valence-electron chi connectivity index (χ2n) is 4.94. The summed E-state index contributed by atoms with van der Waals surface area (Å²) in [6, 6.07) is 7.04. The quantitative estimate of drug-likeness (QED) is 0.781. The molecule has 0 aromatic heterocycles. The van der Waals surface area contributed by atoms with Crippen LogP contribution in [0.4, 0.5) is 11.4 Å². The minimum absolute atomic E-state index is 0.0925. The van der Waals surface area contributed by atoms with Crippen molar-refractivity contribution in [2.45, 2.75) is 18.9 Å². The van der Waals surface area contributed by atoms with Gasteiger partial charge in [0.15, 0.2) is 9.84 Å². The van der Waals surface area contributed by atoms with Gasteiger partial charge in [0.1, 0.15) is 6.07 Å². The number of nitrogens with one attached hydrogen (secondary N) is 1. The first-order valence-electron chi connectivity index (χ1n) is 5.62. The van der Waals surface area contributed by atoms with Gasteiger partial charge in [-0.2, -0.15) is 5.26 Å². The summed E-state index contributed by atoms with van der Waals surface area (Å²) >= 11 is 0. The molecule has 0 radical (unpaired) electrons. The summed E-state index contributed by atoms with van der Waals surface area (Å²) in [4.78, 5) is 0. The van der Waals surface area contributed by atoms with Gasteiger partial charge >= 0.3 is 0 Å². The molecule has 2 rings (SSSR count). The molecular weight excluding hydrogens is 250 g/mol. The maximum Gasteiger partial charge on any atom is 0.152 e. The summed E-state index contributed by atoms with van der Waals surface area (Å²) in [6.45, 7) is 1.86. The molecule has 5 nitrogen and oxygen atoms in total. The first kappa shape index (κ1) is 12.7. The van der Waals surface area contributed by atoms with Gasteiger partial charge in [-0.05, 0) is 31.5 Å². The molecule has 1 aromatic carbocycles. The van der Waals surface area contributed by atoms with Gasteiger partial charge in [-0.3, -0.25) is 0 Å². The number of benzene rings is 1. The Morgan fingerprint density at radius 3 is 2.78 bits per heavy atom. The van der Waals surface area contributed by atoms with Crippen LogP contribution < -0.4 is 11.1 Å². The molecule has 1 aliphatic rings. The van der Waals surface area contributed by atoms with E-state index in [1.807, 2.05) is 6.92 Å². The van der Waals surface area contributed by atoms with Gasteiger partial charge in [0, 0.05) is 11.2 Å². The van der Waals surface area contributed by atoms with Gasteiger partial charge in [-0.25, -0.2) is 8.42 Å². The average Bonchev–Trinajstić information content (AvgIpc) is 2.56. The summed E-state index contributed by atoms with van der Waals surface area (Å²) in [5.74, 6) is 0.280. The maximum absolute atomic E-state index is 11.5. The predicted molar refractivity (Wildman–Crippen MR) is 70.9 cm³/mol. The van der Waals surface area contributed by atoms with Crippen LogP contribution in [0.25, 0.3) is 0 Å². The topological polar surface area (TPSA) is 96.0 Å². The third-order valence-corrected chi connectivity index (χ3v) is 5.01. The Balaban J connectivity index is 2.28. The zero-order chi connectivity index (χ0) is 13.4. The van der Waals surface area contributed by atoms with Crippen LogP contribution >= 0.6 is 0 Å². The summed E-state index contributed by atoms with van der Waals surface area (Å²) in [5.41, 5.74) is 6.68. The van der Waals surface area contributed by atoms with Gasteiger partial charge in [-0.15, -0.1) is 0 Å². The molecular formula is C12H15N3O2S. The van der Waals surface area contributed by atoms with Crippen LogP contribution in [0.15, 0.2) is 18.2 Å². The van der Waals surface area contributed by atoms with Crippen molar-refractivity contribution in [2.24, 2.45) is 0 Å². The van der Waals surface area contributed by atoms with Crippen LogP contribution in [0, 0.1) is 11.3 Å². The van der Waals surface area contributed by atoms with Crippen LogP contribution in [0.1, 0.15) is 18.9 Å². The lowest BCUT2D eigenvalue weighted by Gasteiger charge is -2.26. The zero-order valence-corrected chi connectivity index (χ0v) is 10.9. The van der Waals surface area contributed by atoms with E-state index < -0.39 is 15.4 Å². The summed E-state index contributed by atoms with van der Waals surface area (Å²) < 4.78 is 23.0. The van der Waals surface area contributed by atoms with E-state index in [0.717, 1.165) is 0 Å². The van der Waals surface area contributed by atoms with E-state index in [-0.39, 0.29) is 11.5 Å². The second kappa shape index (κ2) is 4.18. The normalized spacial score (nSPS) is 25.6. The highest BCUT2D eigenvalue weighted by Crippen LogP contribution is 2.29. The lowest BCUT2D eigenvalue weighted by atomic mass is 10.0. The van der Waals surface area contributed by atoms with Crippen LogP contribution in [-0.4, -0.2) is 25.5 Å². The van der Waals surface area contributed by atoms with Crippen LogP contribution in [0.3, 0.4) is 0 Å². The van der Waals surface area contributed by atoms with Gasteiger partial charge in [0.05, 0.1) is 22.8 Å². The number of sulfone groups is 1. The Labute approximate surface area is 107 Å². The molecule has 0 amide bonds. The van der Waals surface area contributed by atoms with Crippen molar-refractivity contribution in [3.05, 3.63) is 23.8 Å². The highest BCUT2D eigenvalue weighted by Gasteiger charge is 2.38. The Morgan fingerprint density at radius 2 is 2.22 bits per heavy atom. The van der Waals surface area contributed by atoms with Crippen molar-refractivity contribution in [3.8, 4) is 6.07 Å². The Kier molecular flexibility index (Phi) is 2.95. The zero-order valence-electron chi connectivity index (χ0n) is 10.1. The monoisotopic (exact) mass is 265 g/mol. The van der Waals surface area contributed by atoms with Gasteiger partial charge < -0.3 is 11.1 Å². The van der Waals surface area contributed by atoms with E-state index in [0.29, 0.717) is 23.4 Å². The highest BCUT2D eigenvalue weighted by molar-refractivity contribution is 7.91. The average molecular weight is 265 g/mol. The second-order valence-corrected chi connectivity index (χ2v) is 7.13. The number of nitrogen functional groups attached to an aromatic ring is 1. The highest BCUT2D eigenvalue weighted by atomic mass is 32.2. The summed E-state index contributed by atoms with van der Waals surface area (Å²) in [6.07, 6.45) is 0.546. The van der Waals surface area contributed by atoms with Crippen molar-refractivity contribution in [1.82, 2.24) is 0 Å². The van der Waals surface area contributed by atoms with E-state index in [9.17, 15) is 8.42 Å². The van der Waals surface area contributed by atoms with Crippen LogP contribution in [-0.2, 0) is 9.84 Å². The third kappa shape index (κ3) is 2.57. The maximum atomic E-state index is 11.5. The standard InChI is InChI=1S/C12H15N3O2S/c1-12(4-5-18(16,17)8-12)15-11-3-2-10(14)6-9(11)7-13/h2-3,6,15H,4-5,8,14H2,1H3. The molecule has 0 saturated carbocycles. The molecule has 0 spiro atoms. The molecule has 1 unspecified atom stereocenters. The lowest BCUT2D eigenvalue weighted by molar-refractivity contribution is 0.574. The molecule has 6 heteroatoms. The van der Waals surface area contributed by atoms with E-state index >= 15 is 0 Å². The molecule has 1 aromatic rings. The number of nitriles is 1. The lowest BCUT2D eigenvalue weighted by Crippen LogP contribution is -2.36. The Bertz CT molecular complexity index is 619. The minimum Gasteiger partial charge on any atom is -0.399 e. The fourth-order valence-electron chi connectivity index (χ4n) is 2.20. The molecule has 96 valence electrons. The SMILES string of the molecule is CC1(Nc2ccc(N)cc2C#N)CCS(=O)(=O)C1. The first-order valence-corrected chi connectivity index (χ1v) is 7.44. The molecule has 1 atom stereocenters. The van der Waals surface area contributed by atoms with Crippen molar-refractivity contribution in [2.75, 3.05) is 22.6 Å². The molecule has 18 heavy (non-hydrogen) atoms. The molecule has 1 heterocycles. The van der Waals surface area contributed by atoms with E-state index in [1.54, 1.807) is 18.2 Å². The van der Waals surface area contributed by atoms with Gasteiger partial charge in [-0.1, -0.05) is 0 Å². The fourth-order valence-corrected chi connectivity index (χ4v) is 4.29. The molecule has 1 saturated heterocycles. The van der Waals surface area contributed by atoms with Crippen molar-refractivity contribution >= 4 is 21.2 Å². The largest absolute Gasteiger partial charge is 0.399 e. The van der Waals surface area contributed by atoms with E-state index in [4.69, 9.17) is 11.0 Å². The first-order chi connectivity index (χ1) is 8.34. The molecule has 1 aliphatic heterocycles. The number of anilines is 2.